The van der Waals surface area contributed by atoms with E-state index in [0.29, 0.717) is 18.3 Å². The number of nitrogens with one attached hydrogen (secondary N) is 2. The molecular formula is C15H25N3O3S2. The standard InChI is InChI=1S/C15H25N3O3S2/c1-12(2)21-11-3-9-17-15(22)18-10-8-13-4-6-14(7-5-13)23(16,19)20/h4-7,12H,3,8-11H2,1-2H3,(H2,16,19,20)(H2,17,18,22). The largest absolute Gasteiger partial charge is 0.379 e. The molecule has 0 radical (unpaired) electrons. The van der Waals surface area contributed by atoms with Gasteiger partial charge in [0.25, 0.3) is 0 Å². The minimum atomic E-state index is -3.63. The van der Waals surface area contributed by atoms with Gasteiger partial charge < -0.3 is 15.4 Å². The Morgan fingerprint density at radius 2 is 1.83 bits per heavy atom. The molecule has 0 aliphatic carbocycles. The van der Waals surface area contributed by atoms with Gasteiger partial charge in [0, 0.05) is 19.7 Å². The smallest absolute Gasteiger partial charge is 0.238 e. The third-order valence-electron chi connectivity index (χ3n) is 3.01. The van der Waals surface area contributed by atoms with Gasteiger partial charge in [-0.3, -0.25) is 0 Å². The molecule has 0 aromatic heterocycles. The average Bonchev–Trinajstić information content (AvgIpc) is 2.46. The summed E-state index contributed by atoms with van der Waals surface area (Å²) < 4.78 is 27.8. The van der Waals surface area contributed by atoms with Crippen molar-refractivity contribution in [1.29, 1.82) is 0 Å². The summed E-state index contributed by atoms with van der Waals surface area (Å²) in [5.41, 5.74) is 1.01. The highest BCUT2D eigenvalue weighted by molar-refractivity contribution is 7.89. The Bertz CT molecular complexity index is 586. The molecule has 0 atom stereocenters. The molecule has 23 heavy (non-hydrogen) atoms. The van der Waals surface area contributed by atoms with Gasteiger partial charge in [0.05, 0.1) is 11.0 Å². The minimum absolute atomic E-state index is 0.120. The van der Waals surface area contributed by atoms with Crippen molar-refractivity contribution in [3.8, 4) is 0 Å². The van der Waals surface area contributed by atoms with Gasteiger partial charge in [0.1, 0.15) is 0 Å². The summed E-state index contributed by atoms with van der Waals surface area (Å²) in [7, 11) is -3.63. The second-order valence-electron chi connectivity index (χ2n) is 5.39. The van der Waals surface area contributed by atoms with Gasteiger partial charge in [-0.15, -0.1) is 0 Å². The highest BCUT2D eigenvalue weighted by Gasteiger charge is 2.06. The first-order valence-corrected chi connectivity index (χ1v) is 9.49. The highest BCUT2D eigenvalue weighted by Crippen LogP contribution is 2.08. The molecule has 0 amide bonds. The Morgan fingerprint density at radius 3 is 2.39 bits per heavy atom. The van der Waals surface area contributed by atoms with E-state index >= 15 is 0 Å². The van der Waals surface area contributed by atoms with E-state index in [1.54, 1.807) is 12.1 Å². The summed E-state index contributed by atoms with van der Waals surface area (Å²) in [6.07, 6.45) is 1.89. The predicted molar refractivity (Wildman–Crippen MR) is 95.8 cm³/mol. The van der Waals surface area contributed by atoms with Crippen LogP contribution in [-0.4, -0.2) is 39.3 Å². The predicted octanol–water partition coefficient (Wildman–Crippen LogP) is 1.16. The van der Waals surface area contributed by atoms with Crippen LogP contribution >= 0.6 is 12.2 Å². The minimum Gasteiger partial charge on any atom is -0.379 e. The summed E-state index contributed by atoms with van der Waals surface area (Å²) in [4.78, 5) is 0.120. The maximum absolute atomic E-state index is 11.2. The molecule has 0 unspecified atom stereocenters. The van der Waals surface area contributed by atoms with Crippen LogP contribution in [0.2, 0.25) is 0 Å². The molecule has 0 fully saturated rings. The van der Waals surface area contributed by atoms with Gasteiger partial charge in [0.15, 0.2) is 5.11 Å². The van der Waals surface area contributed by atoms with Crippen molar-refractivity contribution in [2.24, 2.45) is 5.14 Å². The fourth-order valence-electron chi connectivity index (χ4n) is 1.82. The molecule has 0 saturated heterocycles. The molecule has 0 heterocycles. The van der Waals surface area contributed by atoms with Gasteiger partial charge in [-0.1, -0.05) is 12.1 Å². The lowest BCUT2D eigenvalue weighted by atomic mass is 10.1. The van der Waals surface area contributed by atoms with E-state index in [2.05, 4.69) is 10.6 Å². The quantitative estimate of drug-likeness (QED) is 0.452. The normalized spacial score (nSPS) is 11.5. The van der Waals surface area contributed by atoms with Gasteiger partial charge >= 0.3 is 0 Å². The maximum atomic E-state index is 11.2. The first-order valence-electron chi connectivity index (χ1n) is 7.54. The Morgan fingerprint density at radius 1 is 1.22 bits per heavy atom. The number of nitrogens with two attached hydrogens (primary N) is 1. The van der Waals surface area contributed by atoms with Crippen LogP contribution in [0.3, 0.4) is 0 Å². The molecule has 4 N–H and O–H groups in total. The third kappa shape index (κ3) is 8.85. The van der Waals surface area contributed by atoms with Crippen LogP contribution in [-0.2, 0) is 21.2 Å². The second-order valence-corrected chi connectivity index (χ2v) is 7.36. The molecule has 0 saturated carbocycles. The third-order valence-corrected chi connectivity index (χ3v) is 4.23. The van der Waals surface area contributed by atoms with E-state index in [0.717, 1.165) is 24.9 Å². The van der Waals surface area contributed by atoms with Crippen molar-refractivity contribution in [2.45, 2.75) is 37.7 Å². The summed E-state index contributed by atoms with van der Waals surface area (Å²) in [6, 6.07) is 6.52. The Labute approximate surface area is 143 Å². The highest BCUT2D eigenvalue weighted by atomic mass is 32.2. The van der Waals surface area contributed by atoms with Crippen LogP contribution in [0.15, 0.2) is 29.2 Å². The molecule has 1 rings (SSSR count). The first-order chi connectivity index (χ1) is 10.8. The van der Waals surface area contributed by atoms with E-state index < -0.39 is 10.0 Å². The van der Waals surface area contributed by atoms with E-state index in [1.165, 1.54) is 12.1 Å². The lowest BCUT2D eigenvalue weighted by Gasteiger charge is -2.11. The van der Waals surface area contributed by atoms with Crippen molar-refractivity contribution in [3.63, 3.8) is 0 Å². The Kier molecular flexibility index (Phi) is 8.46. The number of ether oxygens (including phenoxy) is 1. The molecule has 0 bridgehead atoms. The molecule has 130 valence electrons. The summed E-state index contributed by atoms with van der Waals surface area (Å²) >= 11 is 5.18. The van der Waals surface area contributed by atoms with Gasteiger partial charge in [-0.2, -0.15) is 0 Å². The van der Waals surface area contributed by atoms with Gasteiger partial charge in [0.2, 0.25) is 10.0 Å². The number of thiocarbonyl (C=S) groups is 1. The van der Waals surface area contributed by atoms with E-state index in [-0.39, 0.29) is 11.0 Å². The number of benzene rings is 1. The zero-order valence-electron chi connectivity index (χ0n) is 13.5. The molecule has 8 heteroatoms. The lowest BCUT2D eigenvalue weighted by molar-refractivity contribution is 0.0777. The monoisotopic (exact) mass is 359 g/mol. The van der Waals surface area contributed by atoms with Crippen LogP contribution in [0, 0.1) is 0 Å². The second kappa shape index (κ2) is 9.82. The Balaban J connectivity index is 2.20. The van der Waals surface area contributed by atoms with Crippen LogP contribution in [0.25, 0.3) is 0 Å². The van der Waals surface area contributed by atoms with Gasteiger partial charge in [-0.05, 0) is 56.6 Å². The van der Waals surface area contributed by atoms with Crippen molar-refractivity contribution >= 4 is 27.4 Å². The average molecular weight is 360 g/mol. The topological polar surface area (TPSA) is 93.4 Å². The SMILES string of the molecule is CC(C)OCCCNC(=S)NCCc1ccc(S(N)(=O)=O)cc1. The molecule has 0 aliphatic heterocycles. The Hall–Kier alpha value is -1.22. The van der Waals surface area contributed by atoms with Crippen LogP contribution < -0.4 is 15.8 Å². The summed E-state index contributed by atoms with van der Waals surface area (Å²) in [5.74, 6) is 0. The number of primary sulfonamides is 1. The van der Waals surface area contributed by atoms with E-state index in [9.17, 15) is 8.42 Å². The van der Waals surface area contributed by atoms with Crippen LogP contribution in [0.1, 0.15) is 25.8 Å². The van der Waals surface area contributed by atoms with Crippen molar-refractivity contribution in [3.05, 3.63) is 29.8 Å². The number of rotatable bonds is 9. The summed E-state index contributed by atoms with van der Waals surface area (Å²) in [6.45, 7) is 6.17. The van der Waals surface area contributed by atoms with Crippen molar-refractivity contribution in [2.75, 3.05) is 19.7 Å². The number of sulfonamides is 1. The summed E-state index contributed by atoms with van der Waals surface area (Å²) in [5, 5.41) is 11.9. The molecule has 6 nitrogen and oxygen atoms in total. The van der Waals surface area contributed by atoms with Crippen LogP contribution in [0.5, 0.6) is 0 Å². The molecule has 0 aliphatic rings. The molecule has 1 aromatic carbocycles. The number of hydrogen-bond donors (Lipinski definition) is 3. The molecular weight excluding hydrogens is 334 g/mol. The van der Waals surface area contributed by atoms with E-state index in [1.807, 2.05) is 13.8 Å². The van der Waals surface area contributed by atoms with Crippen molar-refractivity contribution < 1.29 is 13.2 Å². The van der Waals surface area contributed by atoms with Gasteiger partial charge in [-0.25, -0.2) is 13.6 Å². The molecule has 0 spiro atoms. The zero-order chi connectivity index (χ0) is 17.3. The van der Waals surface area contributed by atoms with Crippen LogP contribution in [0.4, 0.5) is 0 Å². The molecule has 1 aromatic rings. The zero-order valence-corrected chi connectivity index (χ0v) is 15.2. The lowest BCUT2D eigenvalue weighted by Crippen LogP contribution is -2.37. The first kappa shape index (κ1) is 19.8. The van der Waals surface area contributed by atoms with E-state index in [4.69, 9.17) is 22.1 Å². The van der Waals surface area contributed by atoms with Crippen molar-refractivity contribution in [1.82, 2.24) is 10.6 Å². The fraction of sp³-hybridized carbons (Fsp3) is 0.533. The number of hydrogen-bond acceptors (Lipinski definition) is 4. The maximum Gasteiger partial charge on any atom is 0.238 e. The fourth-order valence-corrected chi connectivity index (χ4v) is 2.54.